The molecule has 22 heavy (non-hydrogen) atoms. The molecule has 1 saturated carbocycles. The van der Waals surface area contributed by atoms with Crippen LogP contribution in [0.5, 0.6) is 0 Å². The molecule has 0 atom stereocenters. The van der Waals surface area contributed by atoms with Crippen molar-refractivity contribution in [3.8, 4) is 0 Å². The molecule has 0 spiro atoms. The number of hydrogen-bond donors (Lipinski definition) is 1. The van der Waals surface area contributed by atoms with Crippen LogP contribution in [0.2, 0.25) is 0 Å². The Balaban J connectivity index is 1.39. The lowest BCUT2D eigenvalue weighted by atomic mass is 9.87. The standard InChI is InChI=1S/C19H28N2S/c1-21(13-10-16-6-3-2-4-7-16)14-12-20-18-8-5-9-19-17(18)11-15-22-19/h5,8-9,11,15-16,20H,2-4,6-7,10,12-14H2,1H3. The van der Waals surface area contributed by atoms with E-state index in [-0.39, 0.29) is 0 Å². The van der Waals surface area contributed by atoms with Crippen molar-refractivity contribution < 1.29 is 0 Å². The van der Waals surface area contributed by atoms with Gasteiger partial charge in [0.05, 0.1) is 0 Å². The van der Waals surface area contributed by atoms with Gasteiger partial charge in [0, 0.05) is 28.9 Å². The number of nitrogens with zero attached hydrogens (tertiary/aromatic N) is 1. The van der Waals surface area contributed by atoms with Crippen LogP contribution >= 0.6 is 11.3 Å². The van der Waals surface area contributed by atoms with Crippen LogP contribution in [0.4, 0.5) is 5.69 Å². The van der Waals surface area contributed by atoms with Crippen LogP contribution in [-0.2, 0) is 0 Å². The molecule has 0 unspecified atom stereocenters. The van der Waals surface area contributed by atoms with Gasteiger partial charge in [-0.2, -0.15) is 0 Å². The van der Waals surface area contributed by atoms with Crippen LogP contribution < -0.4 is 5.32 Å². The van der Waals surface area contributed by atoms with Gasteiger partial charge < -0.3 is 10.2 Å². The van der Waals surface area contributed by atoms with Gasteiger partial charge >= 0.3 is 0 Å². The number of anilines is 1. The molecule has 120 valence electrons. The molecule has 0 aliphatic heterocycles. The quantitative estimate of drug-likeness (QED) is 0.754. The molecular formula is C19H28N2S. The Morgan fingerprint density at radius 3 is 2.86 bits per heavy atom. The Morgan fingerprint density at radius 1 is 1.14 bits per heavy atom. The predicted molar refractivity (Wildman–Crippen MR) is 99.0 cm³/mol. The van der Waals surface area contributed by atoms with Crippen LogP contribution in [0.15, 0.2) is 29.6 Å². The maximum absolute atomic E-state index is 3.61. The molecule has 0 radical (unpaired) electrons. The minimum Gasteiger partial charge on any atom is -0.383 e. The maximum Gasteiger partial charge on any atom is 0.0428 e. The van der Waals surface area contributed by atoms with Crippen molar-refractivity contribution in [2.75, 3.05) is 32.0 Å². The topological polar surface area (TPSA) is 15.3 Å². The molecule has 1 aliphatic carbocycles. The summed E-state index contributed by atoms with van der Waals surface area (Å²) in [5, 5.41) is 7.14. The normalized spacial score (nSPS) is 16.5. The summed E-state index contributed by atoms with van der Waals surface area (Å²) in [7, 11) is 2.26. The molecule has 0 bridgehead atoms. The average Bonchev–Trinajstić information content (AvgIpc) is 3.03. The Bertz CT molecular complexity index is 572. The summed E-state index contributed by atoms with van der Waals surface area (Å²) in [4.78, 5) is 2.48. The molecule has 0 saturated heterocycles. The number of likely N-dealkylation sites (N-methyl/N-ethyl adjacent to an activating group) is 1. The van der Waals surface area contributed by atoms with Gasteiger partial charge in [-0.05, 0) is 49.5 Å². The summed E-state index contributed by atoms with van der Waals surface area (Å²) in [6.45, 7) is 3.39. The molecule has 1 aromatic heterocycles. The lowest BCUT2D eigenvalue weighted by Gasteiger charge is -2.24. The zero-order valence-electron chi connectivity index (χ0n) is 13.7. The first-order chi connectivity index (χ1) is 10.8. The molecule has 1 fully saturated rings. The van der Waals surface area contributed by atoms with Gasteiger partial charge in [-0.15, -0.1) is 11.3 Å². The highest BCUT2D eigenvalue weighted by atomic mass is 32.1. The van der Waals surface area contributed by atoms with E-state index in [1.807, 2.05) is 11.3 Å². The number of thiophene rings is 1. The lowest BCUT2D eigenvalue weighted by molar-refractivity contribution is 0.270. The van der Waals surface area contributed by atoms with Crippen molar-refractivity contribution in [3.05, 3.63) is 29.6 Å². The third kappa shape index (κ3) is 4.23. The summed E-state index contributed by atoms with van der Waals surface area (Å²) >= 11 is 1.81. The Kier molecular flexibility index (Phi) is 5.74. The molecule has 0 amide bonds. The van der Waals surface area contributed by atoms with Gasteiger partial charge in [-0.3, -0.25) is 0 Å². The Labute approximate surface area is 138 Å². The van der Waals surface area contributed by atoms with E-state index in [4.69, 9.17) is 0 Å². The number of benzene rings is 1. The van der Waals surface area contributed by atoms with E-state index < -0.39 is 0 Å². The van der Waals surface area contributed by atoms with Crippen LogP contribution in [0, 0.1) is 5.92 Å². The van der Waals surface area contributed by atoms with E-state index >= 15 is 0 Å². The zero-order valence-corrected chi connectivity index (χ0v) is 14.5. The number of nitrogens with one attached hydrogen (secondary N) is 1. The largest absolute Gasteiger partial charge is 0.383 e. The first kappa shape index (κ1) is 15.8. The van der Waals surface area contributed by atoms with Crippen molar-refractivity contribution in [1.82, 2.24) is 4.90 Å². The van der Waals surface area contributed by atoms with Gasteiger partial charge in [0.15, 0.2) is 0 Å². The fourth-order valence-electron chi connectivity index (χ4n) is 3.52. The molecular weight excluding hydrogens is 288 g/mol. The second kappa shape index (κ2) is 7.98. The van der Waals surface area contributed by atoms with E-state index in [9.17, 15) is 0 Å². The van der Waals surface area contributed by atoms with Gasteiger partial charge in [0.1, 0.15) is 0 Å². The number of hydrogen-bond acceptors (Lipinski definition) is 3. The van der Waals surface area contributed by atoms with E-state index in [1.54, 1.807) is 0 Å². The first-order valence-electron chi connectivity index (χ1n) is 8.71. The third-order valence-corrected chi connectivity index (χ3v) is 5.83. The Morgan fingerprint density at radius 2 is 2.00 bits per heavy atom. The molecule has 1 heterocycles. The number of rotatable bonds is 7. The van der Waals surface area contributed by atoms with Crippen LogP contribution in [0.25, 0.3) is 10.1 Å². The second-order valence-electron chi connectivity index (χ2n) is 6.66. The van der Waals surface area contributed by atoms with E-state index in [2.05, 4.69) is 46.9 Å². The summed E-state index contributed by atoms with van der Waals surface area (Å²) in [5.41, 5.74) is 1.28. The van der Waals surface area contributed by atoms with Crippen LogP contribution in [0.1, 0.15) is 38.5 Å². The molecule has 3 rings (SSSR count). The van der Waals surface area contributed by atoms with Gasteiger partial charge in [-0.25, -0.2) is 0 Å². The summed E-state index contributed by atoms with van der Waals surface area (Å²) < 4.78 is 1.37. The highest BCUT2D eigenvalue weighted by Crippen LogP contribution is 2.28. The van der Waals surface area contributed by atoms with Crippen LogP contribution in [-0.4, -0.2) is 31.6 Å². The predicted octanol–water partition coefficient (Wildman–Crippen LogP) is 5.22. The molecule has 1 N–H and O–H groups in total. The maximum atomic E-state index is 3.61. The molecule has 3 heteroatoms. The summed E-state index contributed by atoms with van der Waals surface area (Å²) in [6, 6.07) is 8.75. The molecule has 1 aliphatic rings. The van der Waals surface area contributed by atoms with Crippen molar-refractivity contribution >= 4 is 27.1 Å². The van der Waals surface area contributed by atoms with Crippen molar-refractivity contribution in [3.63, 3.8) is 0 Å². The zero-order chi connectivity index (χ0) is 15.2. The summed E-state index contributed by atoms with van der Waals surface area (Å²) in [6.07, 6.45) is 8.70. The second-order valence-corrected chi connectivity index (χ2v) is 7.61. The SMILES string of the molecule is CN(CCNc1cccc2sccc12)CCC1CCCCC1. The van der Waals surface area contributed by atoms with Crippen LogP contribution in [0.3, 0.4) is 0 Å². The van der Waals surface area contributed by atoms with Crippen molar-refractivity contribution in [1.29, 1.82) is 0 Å². The van der Waals surface area contributed by atoms with Gasteiger partial charge in [0.25, 0.3) is 0 Å². The average molecular weight is 317 g/mol. The van der Waals surface area contributed by atoms with Crippen molar-refractivity contribution in [2.24, 2.45) is 5.92 Å². The summed E-state index contributed by atoms with van der Waals surface area (Å²) in [5.74, 6) is 0.990. The molecule has 2 aromatic rings. The minimum absolute atomic E-state index is 0.990. The monoisotopic (exact) mass is 316 g/mol. The van der Waals surface area contributed by atoms with E-state index in [1.165, 1.54) is 60.8 Å². The highest BCUT2D eigenvalue weighted by molar-refractivity contribution is 7.17. The van der Waals surface area contributed by atoms with Gasteiger partial charge in [0.2, 0.25) is 0 Å². The molecule has 2 nitrogen and oxygen atoms in total. The van der Waals surface area contributed by atoms with E-state index in [0.717, 1.165) is 19.0 Å². The van der Waals surface area contributed by atoms with Crippen molar-refractivity contribution in [2.45, 2.75) is 38.5 Å². The highest BCUT2D eigenvalue weighted by Gasteiger charge is 2.13. The van der Waals surface area contributed by atoms with E-state index in [0.29, 0.717) is 0 Å². The third-order valence-electron chi connectivity index (χ3n) is 4.95. The fourth-order valence-corrected chi connectivity index (χ4v) is 4.33. The fraction of sp³-hybridized carbons (Fsp3) is 0.579. The first-order valence-corrected chi connectivity index (χ1v) is 9.59. The van der Waals surface area contributed by atoms with Gasteiger partial charge in [-0.1, -0.05) is 38.2 Å². The lowest BCUT2D eigenvalue weighted by Crippen LogP contribution is -2.27. The minimum atomic E-state index is 0.990. The smallest absolute Gasteiger partial charge is 0.0428 e. The number of fused-ring (bicyclic) bond motifs is 1. The molecule has 1 aromatic carbocycles. The Hall–Kier alpha value is -1.06.